The molecule has 4 rings (SSSR count). The van der Waals surface area contributed by atoms with Gasteiger partial charge in [-0.05, 0) is 26.6 Å². The van der Waals surface area contributed by atoms with Gasteiger partial charge < -0.3 is 20.0 Å². The van der Waals surface area contributed by atoms with Gasteiger partial charge in [0.15, 0.2) is 0 Å². The van der Waals surface area contributed by atoms with Crippen molar-refractivity contribution in [3.63, 3.8) is 0 Å². The van der Waals surface area contributed by atoms with E-state index in [1.54, 1.807) is 18.7 Å². The number of thioether (sulfide) groups is 1. The molecule has 4 aliphatic rings. The molecule has 0 aromatic carbocycles. The fourth-order valence-electron chi connectivity index (χ4n) is 4.99. The van der Waals surface area contributed by atoms with E-state index in [4.69, 9.17) is 0 Å². The van der Waals surface area contributed by atoms with Crippen LogP contribution in [0.1, 0.15) is 20.3 Å². The number of carboxylic acid groups (broad SMARTS) is 1. The Morgan fingerprint density at radius 3 is 2.66 bits per heavy atom. The van der Waals surface area contributed by atoms with Gasteiger partial charge in [0, 0.05) is 41.7 Å². The van der Waals surface area contributed by atoms with E-state index in [1.165, 1.54) is 4.90 Å². The van der Waals surface area contributed by atoms with Crippen molar-refractivity contribution in [2.75, 3.05) is 26.7 Å². The first-order chi connectivity index (χ1) is 13.8. The Kier molecular flexibility index (Phi) is 5.52. The first-order valence-electron chi connectivity index (χ1n) is 10.2. The average molecular weight is 420 g/mol. The van der Waals surface area contributed by atoms with Crippen molar-refractivity contribution < 1.29 is 19.8 Å². The largest absolute Gasteiger partial charge is 0.477 e. The van der Waals surface area contributed by atoms with Crippen LogP contribution in [0.4, 0.5) is 0 Å². The first kappa shape index (κ1) is 20.5. The number of fused-ring (bicyclic) bond motifs is 1. The lowest BCUT2D eigenvalue weighted by molar-refractivity contribution is -0.163. The summed E-state index contributed by atoms with van der Waals surface area (Å²) in [5.41, 5.74) is 0.124. The molecular weight excluding hydrogens is 390 g/mol. The molecule has 7 nitrogen and oxygen atoms in total. The predicted molar refractivity (Wildman–Crippen MR) is 112 cm³/mol. The molecule has 4 heterocycles. The lowest BCUT2D eigenvalue weighted by Crippen LogP contribution is -2.63. The third kappa shape index (κ3) is 3.51. The van der Waals surface area contributed by atoms with Gasteiger partial charge in [0.25, 0.3) is 0 Å². The highest BCUT2D eigenvalue weighted by atomic mass is 32.2. The van der Waals surface area contributed by atoms with Crippen LogP contribution in [0.5, 0.6) is 0 Å². The van der Waals surface area contributed by atoms with Crippen LogP contribution >= 0.6 is 11.8 Å². The summed E-state index contributed by atoms with van der Waals surface area (Å²) in [6.45, 7) is 6.37. The quantitative estimate of drug-likeness (QED) is 0.496. The number of aliphatic hydroxyl groups is 1. The molecule has 0 saturated carbocycles. The SMILES string of the molecule is C[C@@H](O)[C@H]1C(=O)N2C(C(=O)O)=C(S[C@H]3C[C@@H](/C=C/N4CC=CC4)N(C)C3)[C@H](C)[C@H]12. The third-order valence-corrected chi connectivity index (χ3v) is 8.03. The second-order valence-electron chi connectivity index (χ2n) is 8.52. The fraction of sp³-hybridized carbons (Fsp3) is 0.619. The van der Waals surface area contributed by atoms with Crippen LogP contribution in [0, 0.1) is 11.8 Å². The average Bonchev–Trinajstić information content (AvgIpc) is 3.33. The van der Waals surface area contributed by atoms with Crippen molar-refractivity contribution >= 4 is 23.6 Å². The normalized spacial score (nSPS) is 35.7. The second kappa shape index (κ2) is 7.81. The van der Waals surface area contributed by atoms with Crippen LogP contribution in [0.25, 0.3) is 0 Å². The van der Waals surface area contributed by atoms with E-state index >= 15 is 0 Å². The zero-order valence-electron chi connectivity index (χ0n) is 17.1. The number of nitrogens with zero attached hydrogens (tertiary/aromatic N) is 3. The number of aliphatic carboxylic acids is 1. The van der Waals surface area contributed by atoms with Gasteiger partial charge in [-0.15, -0.1) is 11.8 Å². The molecule has 0 aromatic heterocycles. The Labute approximate surface area is 175 Å². The number of hydrogen-bond acceptors (Lipinski definition) is 6. The number of likely N-dealkylation sites (N-methyl/N-ethyl adjacent to an activating group) is 1. The standard InChI is InChI=1S/C21H29N3O4S/c1-12-17-16(13(2)25)20(26)24(17)18(21(27)28)19(12)29-15-10-14(22(3)11-15)6-9-23-7-4-5-8-23/h4-6,9,12-17,25H,7-8,10-11H2,1-3H3,(H,27,28)/b9-6+/t12-,13-,14-,15+,16-,17-/m1/s1. The highest BCUT2D eigenvalue weighted by Gasteiger charge is 2.60. The summed E-state index contributed by atoms with van der Waals surface area (Å²) >= 11 is 1.61. The number of carboxylic acids is 1. The van der Waals surface area contributed by atoms with E-state index in [1.807, 2.05) is 6.92 Å². The summed E-state index contributed by atoms with van der Waals surface area (Å²) in [5.74, 6) is -1.90. The van der Waals surface area contributed by atoms with Crippen LogP contribution in [-0.4, -0.2) is 86.9 Å². The molecule has 0 aliphatic carbocycles. The van der Waals surface area contributed by atoms with Crippen LogP contribution in [0.2, 0.25) is 0 Å². The minimum Gasteiger partial charge on any atom is -0.477 e. The van der Waals surface area contributed by atoms with Crippen LogP contribution in [-0.2, 0) is 9.59 Å². The maximum absolute atomic E-state index is 12.5. The van der Waals surface area contributed by atoms with E-state index in [9.17, 15) is 19.8 Å². The highest BCUT2D eigenvalue weighted by molar-refractivity contribution is 8.03. The molecule has 8 heteroatoms. The molecule has 0 spiro atoms. The molecule has 2 N–H and O–H groups in total. The van der Waals surface area contributed by atoms with Crippen molar-refractivity contribution in [2.24, 2.45) is 11.8 Å². The number of carbonyl (C=O) groups is 2. The number of likely N-dealkylation sites (tertiary alicyclic amines) is 1. The van der Waals surface area contributed by atoms with Crippen LogP contribution in [0.15, 0.2) is 35.0 Å². The minimum absolute atomic E-state index is 0.0704. The summed E-state index contributed by atoms with van der Waals surface area (Å²) in [5, 5.41) is 20.0. The number of amides is 1. The summed E-state index contributed by atoms with van der Waals surface area (Å²) in [7, 11) is 2.10. The molecular formula is C21H29N3O4S. The number of aliphatic hydroxyl groups excluding tert-OH is 1. The van der Waals surface area contributed by atoms with Gasteiger partial charge in [-0.2, -0.15) is 0 Å². The molecule has 0 bridgehead atoms. The summed E-state index contributed by atoms with van der Waals surface area (Å²) in [6.07, 6.45) is 8.89. The van der Waals surface area contributed by atoms with Crippen molar-refractivity contribution in [1.82, 2.24) is 14.7 Å². The number of rotatable bonds is 6. The van der Waals surface area contributed by atoms with Crippen LogP contribution in [0.3, 0.4) is 0 Å². The van der Waals surface area contributed by atoms with E-state index in [0.29, 0.717) is 6.04 Å². The number of carbonyl (C=O) groups excluding carboxylic acids is 1. The van der Waals surface area contributed by atoms with Gasteiger partial charge in [0.05, 0.1) is 18.1 Å². The van der Waals surface area contributed by atoms with Gasteiger partial charge in [-0.25, -0.2) is 4.79 Å². The van der Waals surface area contributed by atoms with E-state index < -0.39 is 18.0 Å². The molecule has 158 valence electrons. The fourth-order valence-corrected chi connectivity index (χ4v) is 6.60. The zero-order chi connectivity index (χ0) is 20.9. The summed E-state index contributed by atoms with van der Waals surface area (Å²) < 4.78 is 0. The molecule has 4 aliphatic heterocycles. The lowest BCUT2D eigenvalue weighted by atomic mass is 9.79. The molecule has 0 unspecified atom stereocenters. The Hall–Kier alpha value is -1.77. The molecule has 1 amide bonds. The van der Waals surface area contributed by atoms with Crippen molar-refractivity contribution in [2.45, 2.75) is 43.7 Å². The van der Waals surface area contributed by atoms with E-state index in [-0.39, 0.29) is 28.8 Å². The third-order valence-electron chi connectivity index (χ3n) is 6.53. The van der Waals surface area contributed by atoms with E-state index in [2.05, 4.69) is 41.3 Å². The van der Waals surface area contributed by atoms with E-state index in [0.717, 1.165) is 31.0 Å². The highest BCUT2D eigenvalue weighted by Crippen LogP contribution is 2.52. The molecule has 2 saturated heterocycles. The lowest BCUT2D eigenvalue weighted by Gasteiger charge is -2.46. The summed E-state index contributed by atoms with van der Waals surface area (Å²) in [6, 6.07) is 0.0798. The van der Waals surface area contributed by atoms with Gasteiger partial charge in [-0.1, -0.05) is 25.2 Å². The Morgan fingerprint density at radius 1 is 1.34 bits per heavy atom. The van der Waals surface area contributed by atoms with Gasteiger partial charge >= 0.3 is 5.97 Å². The molecule has 0 radical (unpaired) electrons. The zero-order valence-corrected chi connectivity index (χ0v) is 17.9. The Balaban J connectivity index is 1.47. The summed E-state index contributed by atoms with van der Waals surface area (Å²) in [4.78, 5) is 31.2. The Morgan fingerprint density at radius 2 is 2.03 bits per heavy atom. The van der Waals surface area contributed by atoms with Crippen LogP contribution < -0.4 is 0 Å². The second-order valence-corrected chi connectivity index (χ2v) is 9.86. The molecule has 6 atom stereocenters. The molecule has 29 heavy (non-hydrogen) atoms. The Bertz CT molecular complexity index is 785. The maximum atomic E-state index is 12.5. The van der Waals surface area contributed by atoms with Crippen molar-refractivity contribution in [3.8, 4) is 0 Å². The molecule has 2 fully saturated rings. The van der Waals surface area contributed by atoms with Crippen molar-refractivity contribution in [1.29, 1.82) is 0 Å². The minimum atomic E-state index is -1.05. The topological polar surface area (TPSA) is 84.3 Å². The number of hydrogen-bond donors (Lipinski definition) is 2. The number of β-lactam (4-membered cyclic amide) rings is 1. The molecule has 0 aromatic rings. The smallest absolute Gasteiger partial charge is 0.353 e. The van der Waals surface area contributed by atoms with Gasteiger partial charge in [-0.3, -0.25) is 9.69 Å². The maximum Gasteiger partial charge on any atom is 0.353 e. The first-order valence-corrected chi connectivity index (χ1v) is 11.1. The monoisotopic (exact) mass is 419 g/mol. The van der Waals surface area contributed by atoms with Crippen molar-refractivity contribution in [3.05, 3.63) is 35.0 Å². The van der Waals surface area contributed by atoms with Gasteiger partial charge in [0.2, 0.25) is 5.91 Å². The van der Waals surface area contributed by atoms with Gasteiger partial charge in [0.1, 0.15) is 5.70 Å². The predicted octanol–water partition coefficient (Wildman–Crippen LogP) is 1.33.